The van der Waals surface area contributed by atoms with Crippen LogP contribution in [-0.2, 0) is 6.54 Å². The molecule has 0 radical (unpaired) electrons. The fourth-order valence-corrected chi connectivity index (χ4v) is 1.04. The lowest BCUT2D eigenvalue weighted by Gasteiger charge is -2.09. The Morgan fingerprint density at radius 2 is 2.46 bits per heavy atom. The van der Waals surface area contributed by atoms with Crippen molar-refractivity contribution in [2.75, 3.05) is 19.7 Å². The third kappa shape index (κ3) is 4.05. The summed E-state index contributed by atoms with van der Waals surface area (Å²) in [7, 11) is 0. The van der Waals surface area contributed by atoms with Crippen molar-refractivity contribution < 1.29 is 5.11 Å². The van der Waals surface area contributed by atoms with Crippen molar-refractivity contribution >= 4 is 0 Å². The van der Waals surface area contributed by atoms with Gasteiger partial charge < -0.3 is 10.4 Å². The smallest absolute Gasteiger partial charge is 0.0533 e. The number of nitrogens with zero attached hydrogens (tertiary/aromatic N) is 2. The van der Waals surface area contributed by atoms with E-state index < -0.39 is 0 Å². The van der Waals surface area contributed by atoms with Crippen LogP contribution in [0.3, 0.4) is 0 Å². The predicted octanol–water partition coefficient (Wildman–Crippen LogP) is 0.101. The van der Waals surface area contributed by atoms with Gasteiger partial charge in [0.1, 0.15) is 0 Å². The molecule has 0 aromatic carbocycles. The van der Waals surface area contributed by atoms with Gasteiger partial charge in [-0.1, -0.05) is 6.92 Å². The summed E-state index contributed by atoms with van der Waals surface area (Å²) in [5.41, 5.74) is 0. The van der Waals surface area contributed by atoms with E-state index in [0.717, 1.165) is 19.6 Å². The minimum absolute atomic E-state index is 0.245. The molecule has 1 aromatic heterocycles. The van der Waals surface area contributed by atoms with Crippen LogP contribution < -0.4 is 5.32 Å². The Hall–Kier alpha value is -0.870. The largest absolute Gasteiger partial charge is 0.396 e. The topological polar surface area (TPSA) is 50.1 Å². The summed E-state index contributed by atoms with van der Waals surface area (Å²) >= 11 is 0. The van der Waals surface area contributed by atoms with E-state index in [-0.39, 0.29) is 6.61 Å². The molecule has 4 heteroatoms. The summed E-state index contributed by atoms with van der Waals surface area (Å²) in [6.07, 6.45) is 3.72. The average Bonchev–Trinajstić information content (AvgIpc) is 2.64. The normalized spacial score (nSPS) is 13.1. The van der Waals surface area contributed by atoms with Crippen LogP contribution in [-0.4, -0.2) is 34.6 Å². The van der Waals surface area contributed by atoms with E-state index in [9.17, 15) is 0 Å². The van der Waals surface area contributed by atoms with E-state index >= 15 is 0 Å². The van der Waals surface area contributed by atoms with Crippen LogP contribution in [0.15, 0.2) is 18.5 Å². The number of aliphatic hydroxyl groups excluding tert-OH is 1. The van der Waals surface area contributed by atoms with Gasteiger partial charge in [-0.15, -0.1) is 0 Å². The molecule has 1 rings (SSSR count). The molecule has 0 aliphatic carbocycles. The van der Waals surface area contributed by atoms with Gasteiger partial charge in [0.25, 0.3) is 0 Å². The molecule has 4 nitrogen and oxygen atoms in total. The summed E-state index contributed by atoms with van der Waals surface area (Å²) in [5, 5.41) is 16.1. The third-order valence-corrected chi connectivity index (χ3v) is 1.88. The van der Waals surface area contributed by atoms with E-state index in [4.69, 9.17) is 5.11 Å². The molecule has 0 saturated carbocycles. The highest BCUT2D eigenvalue weighted by Crippen LogP contribution is 1.88. The highest BCUT2D eigenvalue weighted by Gasteiger charge is 1.97. The second-order valence-electron chi connectivity index (χ2n) is 3.26. The van der Waals surface area contributed by atoms with Gasteiger partial charge in [0.15, 0.2) is 0 Å². The first kappa shape index (κ1) is 10.2. The summed E-state index contributed by atoms with van der Waals surface area (Å²) < 4.78 is 1.89. The van der Waals surface area contributed by atoms with Crippen LogP contribution in [0.1, 0.15) is 6.92 Å². The van der Waals surface area contributed by atoms with Crippen molar-refractivity contribution in [2.45, 2.75) is 13.5 Å². The standard InChI is InChI=1S/C9H17N3O/c1-9(8-13)7-10-4-6-12-5-2-3-11-12/h2-3,5,9-10,13H,4,6-8H2,1H3. The van der Waals surface area contributed by atoms with Crippen LogP contribution in [0.4, 0.5) is 0 Å². The second kappa shape index (κ2) is 5.72. The minimum Gasteiger partial charge on any atom is -0.396 e. The lowest BCUT2D eigenvalue weighted by atomic mass is 10.2. The van der Waals surface area contributed by atoms with E-state index in [1.165, 1.54) is 0 Å². The Kier molecular flexibility index (Phi) is 4.49. The van der Waals surface area contributed by atoms with E-state index in [1.54, 1.807) is 6.20 Å². The van der Waals surface area contributed by atoms with Crippen LogP contribution in [0, 0.1) is 5.92 Å². The fraction of sp³-hybridized carbons (Fsp3) is 0.667. The SMILES string of the molecule is CC(CO)CNCCn1cccn1. The molecular weight excluding hydrogens is 166 g/mol. The molecule has 13 heavy (non-hydrogen) atoms. The monoisotopic (exact) mass is 183 g/mol. The maximum Gasteiger partial charge on any atom is 0.0533 e. The predicted molar refractivity (Wildman–Crippen MR) is 51.3 cm³/mol. The minimum atomic E-state index is 0.245. The van der Waals surface area contributed by atoms with E-state index in [2.05, 4.69) is 10.4 Å². The molecule has 1 atom stereocenters. The Morgan fingerprint density at radius 1 is 1.62 bits per heavy atom. The lowest BCUT2D eigenvalue weighted by Crippen LogP contribution is -2.26. The van der Waals surface area contributed by atoms with Gasteiger partial charge in [0.2, 0.25) is 0 Å². The quantitative estimate of drug-likeness (QED) is 0.615. The molecular formula is C9H17N3O. The molecule has 0 aliphatic heterocycles. The Labute approximate surface area is 78.6 Å². The number of hydrogen-bond donors (Lipinski definition) is 2. The van der Waals surface area contributed by atoms with E-state index in [0.29, 0.717) is 5.92 Å². The number of rotatable bonds is 6. The van der Waals surface area contributed by atoms with Crippen molar-refractivity contribution in [3.8, 4) is 0 Å². The van der Waals surface area contributed by atoms with Crippen LogP contribution in [0.25, 0.3) is 0 Å². The molecule has 1 unspecified atom stereocenters. The molecule has 1 aromatic rings. The summed E-state index contributed by atoms with van der Waals surface area (Å²) in [4.78, 5) is 0. The molecule has 74 valence electrons. The maximum absolute atomic E-state index is 8.76. The van der Waals surface area contributed by atoms with Gasteiger partial charge in [-0.3, -0.25) is 4.68 Å². The molecule has 0 saturated heterocycles. The number of nitrogens with one attached hydrogen (secondary N) is 1. The van der Waals surface area contributed by atoms with Gasteiger partial charge in [-0.25, -0.2) is 0 Å². The first-order valence-electron chi connectivity index (χ1n) is 4.62. The van der Waals surface area contributed by atoms with Crippen LogP contribution in [0.5, 0.6) is 0 Å². The molecule has 0 fully saturated rings. The Balaban J connectivity index is 2.02. The molecule has 1 heterocycles. The highest BCUT2D eigenvalue weighted by molar-refractivity contribution is 4.77. The third-order valence-electron chi connectivity index (χ3n) is 1.88. The first-order valence-corrected chi connectivity index (χ1v) is 4.62. The van der Waals surface area contributed by atoms with Crippen molar-refractivity contribution in [3.63, 3.8) is 0 Å². The fourth-order valence-electron chi connectivity index (χ4n) is 1.04. The summed E-state index contributed by atoms with van der Waals surface area (Å²) in [6.45, 7) is 4.89. The molecule has 0 bridgehead atoms. The van der Waals surface area contributed by atoms with Gasteiger partial charge in [-0.2, -0.15) is 5.10 Å². The van der Waals surface area contributed by atoms with Crippen molar-refractivity contribution in [1.29, 1.82) is 0 Å². The Morgan fingerprint density at radius 3 is 3.08 bits per heavy atom. The van der Waals surface area contributed by atoms with Gasteiger partial charge in [0, 0.05) is 25.5 Å². The van der Waals surface area contributed by atoms with Crippen molar-refractivity contribution in [2.24, 2.45) is 5.92 Å². The van der Waals surface area contributed by atoms with Gasteiger partial charge in [-0.05, 0) is 18.5 Å². The molecule has 0 spiro atoms. The molecule has 0 amide bonds. The zero-order valence-corrected chi connectivity index (χ0v) is 7.98. The van der Waals surface area contributed by atoms with Crippen LogP contribution in [0.2, 0.25) is 0 Å². The Bertz CT molecular complexity index is 211. The van der Waals surface area contributed by atoms with Crippen molar-refractivity contribution in [3.05, 3.63) is 18.5 Å². The lowest BCUT2D eigenvalue weighted by molar-refractivity contribution is 0.233. The summed E-state index contributed by atoms with van der Waals surface area (Å²) in [6, 6.07) is 1.91. The highest BCUT2D eigenvalue weighted by atomic mass is 16.3. The summed E-state index contributed by atoms with van der Waals surface area (Å²) in [5.74, 6) is 0.331. The first-order chi connectivity index (χ1) is 6.33. The van der Waals surface area contributed by atoms with E-state index in [1.807, 2.05) is 23.9 Å². The maximum atomic E-state index is 8.76. The average molecular weight is 183 g/mol. The second-order valence-corrected chi connectivity index (χ2v) is 3.26. The van der Waals surface area contributed by atoms with Crippen molar-refractivity contribution in [1.82, 2.24) is 15.1 Å². The number of aromatic nitrogens is 2. The van der Waals surface area contributed by atoms with Crippen LogP contribution >= 0.6 is 0 Å². The molecule has 0 aliphatic rings. The number of hydrogen-bond acceptors (Lipinski definition) is 3. The molecule has 2 N–H and O–H groups in total. The zero-order chi connectivity index (χ0) is 9.52. The number of aliphatic hydroxyl groups is 1. The zero-order valence-electron chi connectivity index (χ0n) is 7.98. The van der Waals surface area contributed by atoms with Gasteiger partial charge >= 0.3 is 0 Å². The van der Waals surface area contributed by atoms with Gasteiger partial charge in [0.05, 0.1) is 6.54 Å².